The third kappa shape index (κ3) is 3.33. The maximum Gasteiger partial charge on any atom is 0.216 e. The zero-order chi connectivity index (χ0) is 15.0. The molecule has 6 heteroatoms. The van der Waals surface area contributed by atoms with Crippen LogP contribution in [0.3, 0.4) is 0 Å². The summed E-state index contributed by atoms with van der Waals surface area (Å²) in [7, 11) is -2.98. The van der Waals surface area contributed by atoms with Crippen molar-refractivity contribution in [1.82, 2.24) is 9.62 Å². The molecular weight excluding hydrogens is 304 g/mol. The van der Waals surface area contributed by atoms with Gasteiger partial charge in [0.25, 0.3) is 0 Å². The van der Waals surface area contributed by atoms with Crippen molar-refractivity contribution in [1.29, 1.82) is 0 Å². The zero-order valence-electron chi connectivity index (χ0n) is 12.7. The molecule has 1 aliphatic heterocycles. The molecule has 3 rings (SSSR count). The molecule has 118 valence electrons. The smallest absolute Gasteiger partial charge is 0.216 e. The molecular formula is C15H24N2O2S2. The fourth-order valence-electron chi connectivity index (χ4n) is 3.11. The Morgan fingerprint density at radius 3 is 2.48 bits per heavy atom. The Bertz CT molecular complexity index is 585. The minimum atomic E-state index is -2.98. The predicted molar refractivity (Wildman–Crippen MR) is 87.1 cm³/mol. The van der Waals surface area contributed by atoms with Crippen molar-refractivity contribution in [3.05, 3.63) is 21.9 Å². The van der Waals surface area contributed by atoms with Crippen LogP contribution in [0.2, 0.25) is 0 Å². The lowest BCUT2D eigenvalue weighted by Gasteiger charge is -2.33. The summed E-state index contributed by atoms with van der Waals surface area (Å²) in [5, 5.41) is 5.73. The van der Waals surface area contributed by atoms with E-state index in [0.717, 1.165) is 25.7 Å². The number of thiophene rings is 1. The first-order valence-corrected chi connectivity index (χ1v) is 10.2. The van der Waals surface area contributed by atoms with Gasteiger partial charge in [-0.3, -0.25) is 0 Å². The topological polar surface area (TPSA) is 49.4 Å². The second-order valence-corrected chi connectivity index (χ2v) is 9.43. The molecule has 1 saturated carbocycles. The van der Waals surface area contributed by atoms with E-state index in [-0.39, 0.29) is 5.25 Å². The Kier molecular flexibility index (Phi) is 4.41. The highest BCUT2D eigenvalue weighted by atomic mass is 32.2. The molecule has 0 spiro atoms. The van der Waals surface area contributed by atoms with Gasteiger partial charge in [-0.05, 0) is 56.5 Å². The number of hydrogen-bond donors (Lipinski definition) is 1. The van der Waals surface area contributed by atoms with Crippen LogP contribution in [0.5, 0.6) is 0 Å². The molecule has 1 atom stereocenters. The first kappa shape index (κ1) is 15.5. The number of rotatable bonds is 5. The molecule has 2 heterocycles. The molecule has 1 aromatic heterocycles. The number of hydrogen-bond acceptors (Lipinski definition) is 4. The van der Waals surface area contributed by atoms with E-state index in [1.807, 2.05) is 0 Å². The molecule has 21 heavy (non-hydrogen) atoms. The van der Waals surface area contributed by atoms with Gasteiger partial charge in [0.1, 0.15) is 0 Å². The average Bonchev–Trinajstić information content (AvgIpc) is 3.22. The average molecular weight is 329 g/mol. The van der Waals surface area contributed by atoms with E-state index in [1.54, 1.807) is 15.6 Å². The van der Waals surface area contributed by atoms with E-state index in [0.29, 0.717) is 25.2 Å². The molecule has 0 radical (unpaired) electrons. The minimum Gasteiger partial charge on any atom is -0.307 e. The summed E-state index contributed by atoms with van der Waals surface area (Å²) < 4.78 is 26.1. The molecule has 2 fully saturated rings. The largest absolute Gasteiger partial charge is 0.307 e. The summed E-state index contributed by atoms with van der Waals surface area (Å²) in [4.78, 5) is 1.39. The fourth-order valence-corrected chi connectivity index (χ4v) is 5.93. The summed E-state index contributed by atoms with van der Waals surface area (Å²) in [5.41, 5.74) is 1.34. The lowest BCUT2D eigenvalue weighted by molar-refractivity contribution is 0.277. The van der Waals surface area contributed by atoms with Crippen molar-refractivity contribution in [3.63, 3.8) is 0 Å². The van der Waals surface area contributed by atoms with Gasteiger partial charge in [0.15, 0.2) is 0 Å². The Hall–Kier alpha value is -0.430. The number of sulfonamides is 1. The van der Waals surface area contributed by atoms with Gasteiger partial charge < -0.3 is 5.32 Å². The summed E-state index contributed by atoms with van der Waals surface area (Å²) in [6.45, 7) is 5.69. The maximum atomic E-state index is 12.2. The minimum absolute atomic E-state index is 0.0744. The van der Waals surface area contributed by atoms with Crippen LogP contribution in [0, 0.1) is 6.92 Å². The van der Waals surface area contributed by atoms with E-state index in [2.05, 4.69) is 30.6 Å². The fraction of sp³-hybridized carbons (Fsp3) is 0.733. The van der Waals surface area contributed by atoms with Gasteiger partial charge in [-0.2, -0.15) is 0 Å². The second kappa shape index (κ2) is 5.99. The van der Waals surface area contributed by atoms with Crippen LogP contribution in [0.25, 0.3) is 0 Å². The number of nitrogens with one attached hydrogen (secondary N) is 1. The van der Waals surface area contributed by atoms with Crippen molar-refractivity contribution in [2.45, 2.75) is 56.9 Å². The Morgan fingerprint density at radius 2 is 1.95 bits per heavy atom. The molecule has 2 aliphatic rings. The van der Waals surface area contributed by atoms with Gasteiger partial charge >= 0.3 is 0 Å². The molecule has 0 aromatic carbocycles. The highest BCUT2D eigenvalue weighted by Gasteiger charge is 2.41. The Balaban J connectivity index is 1.53. The lowest BCUT2D eigenvalue weighted by atomic mass is 10.0. The Labute approximate surface area is 131 Å². The van der Waals surface area contributed by atoms with Gasteiger partial charge in [-0.1, -0.05) is 0 Å². The molecule has 1 saturated heterocycles. The van der Waals surface area contributed by atoms with E-state index in [4.69, 9.17) is 0 Å². The zero-order valence-corrected chi connectivity index (χ0v) is 14.3. The van der Waals surface area contributed by atoms with Crippen LogP contribution in [-0.2, 0) is 10.0 Å². The van der Waals surface area contributed by atoms with Crippen LogP contribution in [0.1, 0.15) is 49.1 Å². The Morgan fingerprint density at radius 1 is 1.29 bits per heavy atom. The molecule has 0 bridgehead atoms. The quantitative estimate of drug-likeness (QED) is 0.904. The van der Waals surface area contributed by atoms with Gasteiger partial charge in [0.2, 0.25) is 10.0 Å². The maximum absolute atomic E-state index is 12.2. The lowest BCUT2D eigenvalue weighted by Crippen LogP contribution is -2.46. The summed E-state index contributed by atoms with van der Waals surface area (Å²) in [5.74, 6) is 0. The van der Waals surface area contributed by atoms with E-state index in [1.165, 1.54) is 10.4 Å². The van der Waals surface area contributed by atoms with Crippen LogP contribution < -0.4 is 5.32 Å². The molecule has 0 unspecified atom stereocenters. The number of nitrogens with zero attached hydrogens (tertiary/aromatic N) is 1. The van der Waals surface area contributed by atoms with Crippen LogP contribution in [-0.4, -0.2) is 37.1 Å². The van der Waals surface area contributed by atoms with Crippen molar-refractivity contribution in [2.24, 2.45) is 0 Å². The molecule has 1 aliphatic carbocycles. The van der Waals surface area contributed by atoms with Crippen molar-refractivity contribution in [2.75, 3.05) is 13.1 Å². The first-order valence-electron chi connectivity index (χ1n) is 7.77. The second-order valence-electron chi connectivity index (χ2n) is 6.27. The highest BCUT2D eigenvalue weighted by Crippen LogP contribution is 2.32. The van der Waals surface area contributed by atoms with Crippen LogP contribution >= 0.6 is 11.3 Å². The number of piperidine rings is 1. The van der Waals surface area contributed by atoms with Gasteiger partial charge in [-0.15, -0.1) is 11.3 Å². The summed E-state index contributed by atoms with van der Waals surface area (Å²) >= 11 is 1.79. The highest BCUT2D eigenvalue weighted by molar-refractivity contribution is 7.90. The third-order valence-electron chi connectivity index (χ3n) is 4.54. The number of aryl methyl sites for hydroxylation is 1. The van der Waals surface area contributed by atoms with Crippen LogP contribution in [0.4, 0.5) is 0 Å². The normalized spacial score (nSPS) is 23.3. The molecule has 4 nitrogen and oxygen atoms in total. The van der Waals surface area contributed by atoms with Gasteiger partial charge in [0, 0.05) is 30.1 Å². The van der Waals surface area contributed by atoms with E-state index >= 15 is 0 Å². The van der Waals surface area contributed by atoms with Crippen molar-refractivity contribution in [3.8, 4) is 0 Å². The first-order chi connectivity index (χ1) is 9.98. The van der Waals surface area contributed by atoms with Crippen LogP contribution in [0.15, 0.2) is 11.4 Å². The molecule has 1 aromatic rings. The predicted octanol–water partition coefficient (Wildman–Crippen LogP) is 2.66. The molecule has 1 N–H and O–H groups in total. The SMILES string of the molecule is Cc1ccsc1[C@@H](C)NC1CCN(S(=O)(=O)C2CC2)CC1. The van der Waals surface area contributed by atoms with Gasteiger partial charge in [-0.25, -0.2) is 12.7 Å². The summed E-state index contributed by atoms with van der Waals surface area (Å²) in [6, 6.07) is 2.93. The standard InChI is InChI=1S/C15H24N2O2S2/c1-11-7-10-20-15(11)12(2)16-13-5-8-17(9-6-13)21(18,19)14-3-4-14/h7,10,12-14,16H,3-6,8-9H2,1-2H3/t12-/m1/s1. The van der Waals surface area contributed by atoms with E-state index in [9.17, 15) is 8.42 Å². The third-order valence-corrected chi connectivity index (χ3v) is 8.14. The van der Waals surface area contributed by atoms with Crippen molar-refractivity contribution < 1.29 is 8.42 Å². The van der Waals surface area contributed by atoms with Gasteiger partial charge in [0.05, 0.1) is 5.25 Å². The summed E-state index contributed by atoms with van der Waals surface area (Å²) in [6.07, 6.45) is 3.55. The molecule has 0 amide bonds. The van der Waals surface area contributed by atoms with Crippen molar-refractivity contribution >= 4 is 21.4 Å². The monoisotopic (exact) mass is 328 g/mol. The van der Waals surface area contributed by atoms with E-state index < -0.39 is 10.0 Å².